The van der Waals surface area contributed by atoms with Crippen LogP contribution in [0.2, 0.25) is 0 Å². The van der Waals surface area contributed by atoms with Crippen LogP contribution in [0.3, 0.4) is 0 Å². The maximum Gasteiger partial charge on any atom is 0.187 e. The van der Waals surface area contributed by atoms with E-state index in [0.29, 0.717) is 23.5 Å². The van der Waals surface area contributed by atoms with Gasteiger partial charge in [0.05, 0.1) is 0 Å². The Bertz CT molecular complexity index is 274. The summed E-state index contributed by atoms with van der Waals surface area (Å²) in [6, 6.07) is 0. The van der Waals surface area contributed by atoms with E-state index in [2.05, 4.69) is 36.3 Å². The number of nitrogens with one attached hydrogen (secondary N) is 2. The highest BCUT2D eigenvalue weighted by Crippen LogP contribution is 2.25. The minimum Gasteiger partial charge on any atom is -0.358 e. The Morgan fingerprint density at radius 1 is 1.50 bits per heavy atom. The first-order chi connectivity index (χ1) is 7.65. The van der Waals surface area contributed by atoms with Crippen molar-refractivity contribution < 1.29 is 0 Å². The van der Waals surface area contributed by atoms with Crippen molar-refractivity contribution in [2.24, 2.45) is 16.9 Å². The average Bonchev–Trinajstić information content (AvgIpc) is 2.25. The SMILES string of the molecule is C=CCNC(=S)NN=C1[C@@H](C)CCC[C@@H]1C. The maximum atomic E-state index is 5.09. The summed E-state index contributed by atoms with van der Waals surface area (Å²) < 4.78 is 0. The van der Waals surface area contributed by atoms with E-state index in [1.165, 1.54) is 25.0 Å². The Balaban J connectivity index is 2.47. The highest BCUT2D eigenvalue weighted by Gasteiger charge is 2.22. The number of hydrogen-bond donors (Lipinski definition) is 2. The van der Waals surface area contributed by atoms with Crippen LogP contribution < -0.4 is 10.7 Å². The van der Waals surface area contributed by atoms with Crippen molar-refractivity contribution in [1.82, 2.24) is 10.7 Å². The Labute approximate surface area is 103 Å². The molecule has 1 aliphatic carbocycles. The molecule has 1 rings (SSSR count). The summed E-state index contributed by atoms with van der Waals surface area (Å²) in [5.74, 6) is 1.14. The Kier molecular flexibility index (Phi) is 5.46. The van der Waals surface area contributed by atoms with Crippen LogP contribution in [0.1, 0.15) is 33.1 Å². The van der Waals surface area contributed by atoms with Crippen LogP contribution in [0.4, 0.5) is 0 Å². The standard InChI is InChI=1S/C12H21N3S/c1-4-8-13-12(16)15-14-11-9(2)6-5-7-10(11)3/h4,9-10H,1,5-8H2,2-3H3,(H2,13,15,16)/t9-,10-/m0/s1. The molecule has 90 valence electrons. The highest BCUT2D eigenvalue weighted by atomic mass is 32.1. The summed E-state index contributed by atoms with van der Waals surface area (Å²) in [6.45, 7) is 8.75. The van der Waals surface area contributed by atoms with E-state index in [4.69, 9.17) is 12.2 Å². The van der Waals surface area contributed by atoms with Gasteiger partial charge in [-0.3, -0.25) is 5.43 Å². The topological polar surface area (TPSA) is 36.4 Å². The van der Waals surface area contributed by atoms with Crippen LogP contribution in [0, 0.1) is 11.8 Å². The van der Waals surface area contributed by atoms with Crippen molar-refractivity contribution in [3.63, 3.8) is 0 Å². The quantitative estimate of drug-likeness (QED) is 0.451. The molecule has 1 aliphatic rings. The normalized spacial score (nSPS) is 24.8. The monoisotopic (exact) mass is 239 g/mol. The number of thiocarbonyl (C=S) groups is 1. The maximum absolute atomic E-state index is 5.09. The fourth-order valence-corrected chi connectivity index (χ4v) is 2.18. The number of rotatable bonds is 3. The van der Waals surface area contributed by atoms with Gasteiger partial charge < -0.3 is 5.32 Å². The summed E-state index contributed by atoms with van der Waals surface area (Å²) in [7, 11) is 0. The summed E-state index contributed by atoms with van der Waals surface area (Å²) in [6.07, 6.45) is 5.54. The molecule has 0 saturated heterocycles. The van der Waals surface area contributed by atoms with E-state index in [0.717, 1.165) is 0 Å². The molecule has 4 heteroatoms. The smallest absolute Gasteiger partial charge is 0.187 e. The summed E-state index contributed by atoms with van der Waals surface area (Å²) in [5.41, 5.74) is 4.15. The van der Waals surface area contributed by atoms with Crippen LogP contribution in [0.5, 0.6) is 0 Å². The van der Waals surface area contributed by atoms with Gasteiger partial charge in [0.15, 0.2) is 5.11 Å². The molecule has 0 aromatic carbocycles. The second-order valence-electron chi connectivity index (χ2n) is 4.38. The summed E-state index contributed by atoms with van der Waals surface area (Å²) in [5, 5.41) is 7.99. The number of nitrogens with zero attached hydrogens (tertiary/aromatic N) is 1. The molecular formula is C12H21N3S. The first kappa shape index (κ1) is 13.2. The number of hydrazone groups is 1. The van der Waals surface area contributed by atoms with Gasteiger partial charge in [-0.1, -0.05) is 26.3 Å². The molecular weight excluding hydrogens is 218 g/mol. The van der Waals surface area contributed by atoms with Gasteiger partial charge in [-0.15, -0.1) is 6.58 Å². The van der Waals surface area contributed by atoms with Gasteiger partial charge in [0.25, 0.3) is 0 Å². The first-order valence-corrected chi connectivity index (χ1v) is 6.28. The van der Waals surface area contributed by atoms with Gasteiger partial charge >= 0.3 is 0 Å². The van der Waals surface area contributed by atoms with Gasteiger partial charge in [0, 0.05) is 12.3 Å². The lowest BCUT2D eigenvalue weighted by Crippen LogP contribution is -2.35. The Morgan fingerprint density at radius 3 is 2.69 bits per heavy atom. The van der Waals surface area contributed by atoms with Crippen molar-refractivity contribution in [2.45, 2.75) is 33.1 Å². The molecule has 3 nitrogen and oxygen atoms in total. The molecule has 16 heavy (non-hydrogen) atoms. The Hall–Kier alpha value is -0.900. The van der Waals surface area contributed by atoms with Crippen LogP contribution in [-0.4, -0.2) is 17.4 Å². The van der Waals surface area contributed by atoms with Gasteiger partial charge in [-0.05, 0) is 36.9 Å². The molecule has 1 saturated carbocycles. The number of hydrogen-bond acceptors (Lipinski definition) is 2. The predicted molar refractivity (Wildman–Crippen MR) is 73.5 cm³/mol. The van der Waals surface area contributed by atoms with Crippen molar-refractivity contribution in [3.05, 3.63) is 12.7 Å². The lowest BCUT2D eigenvalue weighted by atomic mass is 9.81. The largest absolute Gasteiger partial charge is 0.358 e. The molecule has 0 amide bonds. The van der Waals surface area contributed by atoms with E-state index < -0.39 is 0 Å². The van der Waals surface area contributed by atoms with E-state index in [1.807, 2.05) is 0 Å². The molecule has 0 aromatic heterocycles. The van der Waals surface area contributed by atoms with Crippen LogP contribution in [0.15, 0.2) is 17.8 Å². The van der Waals surface area contributed by atoms with Crippen LogP contribution >= 0.6 is 12.2 Å². The van der Waals surface area contributed by atoms with E-state index in [-0.39, 0.29) is 0 Å². The fourth-order valence-electron chi connectivity index (χ4n) is 2.05. The average molecular weight is 239 g/mol. The van der Waals surface area contributed by atoms with Gasteiger partial charge in [-0.25, -0.2) is 0 Å². The molecule has 0 bridgehead atoms. The predicted octanol–water partition coefficient (Wildman–Crippen LogP) is 2.45. The minimum atomic E-state index is 0.567. The van der Waals surface area contributed by atoms with Crippen LogP contribution in [-0.2, 0) is 0 Å². The summed E-state index contributed by atoms with van der Waals surface area (Å²) in [4.78, 5) is 0. The molecule has 0 radical (unpaired) electrons. The van der Waals surface area contributed by atoms with Crippen molar-refractivity contribution >= 4 is 23.0 Å². The molecule has 0 aromatic rings. The zero-order valence-corrected chi connectivity index (χ0v) is 10.9. The van der Waals surface area contributed by atoms with Gasteiger partial charge in [0.2, 0.25) is 0 Å². The second kappa shape index (κ2) is 6.63. The van der Waals surface area contributed by atoms with Crippen LogP contribution in [0.25, 0.3) is 0 Å². The minimum absolute atomic E-state index is 0.567. The summed E-state index contributed by atoms with van der Waals surface area (Å²) >= 11 is 5.09. The molecule has 2 atom stereocenters. The third-order valence-corrected chi connectivity index (χ3v) is 3.21. The zero-order chi connectivity index (χ0) is 12.0. The van der Waals surface area contributed by atoms with Crippen molar-refractivity contribution in [1.29, 1.82) is 0 Å². The fraction of sp³-hybridized carbons (Fsp3) is 0.667. The zero-order valence-electron chi connectivity index (χ0n) is 10.1. The lowest BCUT2D eigenvalue weighted by Gasteiger charge is -2.26. The molecule has 0 heterocycles. The molecule has 0 aliphatic heterocycles. The van der Waals surface area contributed by atoms with E-state index >= 15 is 0 Å². The van der Waals surface area contributed by atoms with Crippen molar-refractivity contribution in [3.8, 4) is 0 Å². The molecule has 0 unspecified atom stereocenters. The van der Waals surface area contributed by atoms with E-state index in [9.17, 15) is 0 Å². The van der Waals surface area contributed by atoms with Gasteiger partial charge in [-0.2, -0.15) is 5.10 Å². The molecule has 0 spiro atoms. The molecule has 2 N–H and O–H groups in total. The highest BCUT2D eigenvalue weighted by molar-refractivity contribution is 7.80. The lowest BCUT2D eigenvalue weighted by molar-refractivity contribution is 0.484. The third-order valence-electron chi connectivity index (χ3n) is 2.98. The molecule has 1 fully saturated rings. The van der Waals surface area contributed by atoms with Crippen molar-refractivity contribution in [2.75, 3.05) is 6.54 Å². The first-order valence-electron chi connectivity index (χ1n) is 5.87. The van der Waals surface area contributed by atoms with E-state index in [1.54, 1.807) is 6.08 Å². The third kappa shape index (κ3) is 3.93. The second-order valence-corrected chi connectivity index (χ2v) is 4.79. The Morgan fingerprint density at radius 2 is 2.12 bits per heavy atom. The van der Waals surface area contributed by atoms with Gasteiger partial charge in [0.1, 0.15) is 0 Å².